The fourth-order valence-electron chi connectivity index (χ4n) is 2.75. The largest absolute Gasteiger partial charge is 0.329 e. The van der Waals surface area contributed by atoms with E-state index in [2.05, 4.69) is 42.3 Å². The highest BCUT2D eigenvalue weighted by atomic mass is 32.2. The quantitative estimate of drug-likeness (QED) is 0.898. The minimum atomic E-state index is 0.336. The number of nitrogens with two attached hydrogens (primary N) is 1. The van der Waals surface area contributed by atoms with Crippen LogP contribution in [0, 0.1) is 0 Å². The van der Waals surface area contributed by atoms with Gasteiger partial charge in [-0.2, -0.15) is 11.8 Å². The van der Waals surface area contributed by atoms with Crippen LogP contribution in [-0.2, 0) is 13.0 Å². The molecule has 19 heavy (non-hydrogen) atoms. The van der Waals surface area contributed by atoms with Gasteiger partial charge in [0.1, 0.15) is 0 Å². The van der Waals surface area contributed by atoms with Gasteiger partial charge in [-0.1, -0.05) is 31.2 Å². The van der Waals surface area contributed by atoms with Crippen molar-refractivity contribution in [1.29, 1.82) is 0 Å². The lowest BCUT2D eigenvalue weighted by Gasteiger charge is -2.40. The highest BCUT2D eigenvalue weighted by Gasteiger charge is 2.32. The molecule has 0 bridgehead atoms. The van der Waals surface area contributed by atoms with Crippen LogP contribution in [0.3, 0.4) is 0 Å². The Morgan fingerprint density at radius 3 is 2.21 bits per heavy atom. The van der Waals surface area contributed by atoms with Crippen LogP contribution in [-0.4, -0.2) is 35.5 Å². The van der Waals surface area contributed by atoms with E-state index < -0.39 is 0 Å². The Morgan fingerprint density at radius 1 is 1.16 bits per heavy atom. The molecule has 1 heterocycles. The number of nitrogens with zero attached hydrogens (tertiary/aromatic N) is 1. The van der Waals surface area contributed by atoms with Crippen molar-refractivity contribution < 1.29 is 0 Å². The van der Waals surface area contributed by atoms with Crippen LogP contribution in [0.1, 0.15) is 30.9 Å². The van der Waals surface area contributed by atoms with Crippen molar-refractivity contribution in [3.05, 3.63) is 35.4 Å². The van der Waals surface area contributed by atoms with Gasteiger partial charge in [0.2, 0.25) is 0 Å². The Kier molecular flexibility index (Phi) is 5.31. The summed E-state index contributed by atoms with van der Waals surface area (Å²) in [5.41, 5.74) is 8.79. The zero-order chi connectivity index (χ0) is 13.7. The van der Waals surface area contributed by atoms with E-state index in [0.717, 1.165) is 19.5 Å². The minimum absolute atomic E-state index is 0.336. The van der Waals surface area contributed by atoms with Crippen LogP contribution in [0.15, 0.2) is 24.3 Å². The average molecular weight is 278 g/mol. The number of rotatable bonds is 5. The molecule has 0 aliphatic carbocycles. The van der Waals surface area contributed by atoms with E-state index in [0.29, 0.717) is 4.75 Å². The van der Waals surface area contributed by atoms with Crippen LogP contribution < -0.4 is 5.73 Å². The van der Waals surface area contributed by atoms with E-state index in [4.69, 9.17) is 5.73 Å². The number of hydrogen-bond acceptors (Lipinski definition) is 3. The summed E-state index contributed by atoms with van der Waals surface area (Å²) in [5, 5.41) is 0. The lowest BCUT2D eigenvalue weighted by molar-refractivity contribution is 0.195. The van der Waals surface area contributed by atoms with Crippen molar-refractivity contribution in [2.24, 2.45) is 5.73 Å². The second kappa shape index (κ2) is 6.78. The third kappa shape index (κ3) is 3.74. The molecule has 0 atom stereocenters. The fraction of sp³-hybridized carbons (Fsp3) is 0.625. The fourth-order valence-corrected chi connectivity index (χ4v) is 3.51. The first-order valence-corrected chi connectivity index (χ1v) is 8.49. The third-order valence-electron chi connectivity index (χ3n) is 4.41. The number of thioether (sulfide) groups is 1. The van der Waals surface area contributed by atoms with E-state index in [1.165, 1.54) is 37.1 Å². The monoisotopic (exact) mass is 278 g/mol. The van der Waals surface area contributed by atoms with Crippen molar-refractivity contribution in [3.63, 3.8) is 0 Å². The number of hydrogen-bond donors (Lipinski definition) is 1. The number of benzene rings is 1. The van der Waals surface area contributed by atoms with E-state index >= 15 is 0 Å². The first kappa shape index (κ1) is 14.9. The summed E-state index contributed by atoms with van der Waals surface area (Å²) >= 11 is 1.95. The number of likely N-dealkylation sites (tertiary alicyclic amines) is 1. The molecule has 1 saturated heterocycles. The minimum Gasteiger partial charge on any atom is -0.329 e. The Balaban J connectivity index is 1.88. The molecule has 1 aromatic rings. The molecule has 0 saturated carbocycles. The predicted octanol–water partition coefficient (Wildman–Crippen LogP) is 2.91. The molecule has 3 heteroatoms. The standard InChI is InChI=1S/C16H26N2S/c1-3-14-4-6-15(7-5-14)12-18-10-8-16(13-17,19-2)9-11-18/h4-7H,3,8-13,17H2,1-2H3. The van der Waals surface area contributed by atoms with Gasteiger partial charge in [-0.15, -0.1) is 0 Å². The van der Waals surface area contributed by atoms with Crippen molar-refractivity contribution in [1.82, 2.24) is 4.90 Å². The SMILES string of the molecule is CCc1ccc(CN2CCC(CN)(SC)CC2)cc1. The van der Waals surface area contributed by atoms with Crippen molar-refractivity contribution in [2.45, 2.75) is 37.5 Å². The average Bonchev–Trinajstić information content (AvgIpc) is 2.49. The van der Waals surface area contributed by atoms with Crippen LogP contribution in [0.4, 0.5) is 0 Å². The van der Waals surface area contributed by atoms with Crippen molar-refractivity contribution in [3.8, 4) is 0 Å². The van der Waals surface area contributed by atoms with Gasteiger partial charge in [0.15, 0.2) is 0 Å². The molecular weight excluding hydrogens is 252 g/mol. The molecule has 0 aromatic heterocycles. The molecule has 0 unspecified atom stereocenters. The summed E-state index contributed by atoms with van der Waals surface area (Å²) in [7, 11) is 0. The molecule has 1 aromatic carbocycles. The van der Waals surface area contributed by atoms with Gasteiger partial charge in [-0.05, 0) is 49.7 Å². The first-order valence-electron chi connectivity index (χ1n) is 7.27. The van der Waals surface area contributed by atoms with Crippen LogP contribution in [0.5, 0.6) is 0 Å². The lowest BCUT2D eigenvalue weighted by Crippen LogP contribution is -2.46. The van der Waals surface area contributed by atoms with Gasteiger partial charge in [0.05, 0.1) is 0 Å². The summed E-state index contributed by atoms with van der Waals surface area (Å²) in [6.45, 7) is 6.45. The summed E-state index contributed by atoms with van der Waals surface area (Å²) in [5.74, 6) is 0. The van der Waals surface area contributed by atoms with Gasteiger partial charge in [-0.25, -0.2) is 0 Å². The maximum absolute atomic E-state index is 5.94. The highest BCUT2D eigenvalue weighted by Crippen LogP contribution is 2.33. The molecule has 2 N–H and O–H groups in total. The van der Waals surface area contributed by atoms with Crippen LogP contribution >= 0.6 is 11.8 Å². The zero-order valence-corrected chi connectivity index (χ0v) is 13.0. The highest BCUT2D eigenvalue weighted by molar-refractivity contribution is 8.00. The second-order valence-electron chi connectivity index (χ2n) is 5.54. The molecule has 0 amide bonds. The van der Waals surface area contributed by atoms with Gasteiger partial charge in [0, 0.05) is 17.8 Å². The third-order valence-corrected chi connectivity index (χ3v) is 5.85. The molecule has 1 aliphatic rings. The number of piperidine rings is 1. The van der Waals surface area contributed by atoms with Crippen LogP contribution in [0.25, 0.3) is 0 Å². The summed E-state index contributed by atoms with van der Waals surface area (Å²) < 4.78 is 0.336. The molecular formula is C16H26N2S. The van der Waals surface area contributed by atoms with E-state index in [1.54, 1.807) is 0 Å². The second-order valence-corrected chi connectivity index (χ2v) is 6.81. The molecule has 0 spiro atoms. The zero-order valence-electron chi connectivity index (χ0n) is 12.2. The smallest absolute Gasteiger partial charge is 0.0303 e. The van der Waals surface area contributed by atoms with Crippen LogP contribution in [0.2, 0.25) is 0 Å². The number of aryl methyl sites for hydroxylation is 1. The van der Waals surface area contributed by atoms with Crippen molar-refractivity contribution >= 4 is 11.8 Å². The molecule has 106 valence electrons. The Morgan fingerprint density at radius 2 is 1.74 bits per heavy atom. The van der Waals surface area contributed by atoms with E-state index in [1.807, 2.05) is 11.8 Å². The predicted molar refractivity (Wildman–Crippen MR) is 85.6 cm³/mol. The van der Waals surface area contributed by atoms with Gasteiger partial charge in [0.25, 0.3) is 0 Å². The molecule has 1 fully saturated rings. The Labute approximate surface area is 121 Å². The molecule has 2 nitrogen and oxygen atoms in total. The van der Waals surface area contributed by atoms with E-state index in [-0.39, 0.29) is 0 Å². The molecule has 0 radical (unpaired) electrons. The summed E-state index contributed by atoms with van der Waals surface area (Å²) in [6, 6.07) is 9.06. The summed E-state index contributed by atoms with van der Waals surface area (Å²) in [6.07, 6.45) is 5.76. The van der Waals surface area contributed by atoms with Gasteiger partial charge < -0.3 is 5.73 Å². The maximum atomic E-state index is 5.94. The molecule has 1 aliphatic heterocycles. The first-order chi connectivity index (χ1) is 9.21. The topological polar surface area (TPSA) is 29.3 Å². The van der Waals surface area contributed by atoms with Crippen molar-refractivity contribution in [2.75, 3.05) is 25.9 Å². The maximum Gasteiger partial charge on any atom is 0.0303 e. The Hall–Kier alpha value is -0.510. The Bertz CT molecular complexity index is 374. The molecule has 2 rings (SSSR count). The van der Waals surface area contributed by atoms with Gasteiger partial charge >= 0.3 is 0 Å². The lowest BCUT2D eigenvalue weighted by atomic mass is 9.95. The van der Waals surface area contributed by atoms with E-state index in [9.17, 15) is 0 Å². The van der Waals surface area contributed by atoms with Gasteiger partial charge in [-0.3, -0.25) is 4.90 Å². The summed E-state index contributed by atoms with van der Waals surface area (Å²) in [4.78, 5) is 2.56. The normalized spacial score (nSPS) is 19.5.